The number of carbonyl (C=O) groups is 1. The molecule has 0 aromatic carbocycles. The Kier molecular flexibility index (Phi) is 4.42. The molecule has 3 N–H and O–H groups in total. The molecule has 2 heterocycles. The first-order valence-corrected chi connectivity index (χ1v) is 6.84. The van der Waals surface area contributed by atoms with Crippen LogP contribution in [0.4, 0.5) is 5.69 Å². The van der Waals surface area contributed by atoms with Crippen molar-refractivity contribution >= 4 is 11.6 Å². The van der Waals surface area contributed by atoms with Crippen LogP contribution in [0, 0.1) is 0 Å². The van der Waals surface area contributed by atoms with Gasteiger partial charge in [0.2, 0.25) is 0 Å². The Labute approximate surface area is 113 Å². The van der Waals surface area contributed by atoms with Crippen molar-refractivity contribution in [2.45, 2.75) is 38.7 Å². The van der Waals surface area contributed by atoms with Gasteiger partial charge in [0, 0.05) is 20.2 Å². The Hall–Kier alpha value is -1.56. The molecule has 1 atom stereocenters. The smallest absolute Gasteiger partial charge is 0.271 e. The number of carbonyl (C=O) groups excluding carboxylic acids is 1. The van der Waals surface area contributed by atoms with Crippen molar-refractivity contribution < 1.29 is 9.53 Å². The van der Waals surface area contributed by atoms with Crippen LogP contribution in [-0.2, 0) is 18.2 Å². The maximum Gasteiger partial charge on any atom is 0.271 e. The van der Waals surface area contributed by atoms with Crippen molar-refractivity contribution in [2.24, 2.45) is 7.05 Å². The zero-order chi connectivity index (χ0) is 13.8. The minimum Gasteiger partial charge on any atom is -0.395 e. The maximum absolute atomic E-state index is 12.2. The van der Waals surface area contributed by atoms with E-state index in [0.717, 1.165) is 38.0 Å². The Balaban J connectivity index is 1.97. The summed E-state index contributed by atoms with van der Waals surface area (Å²) in [6, 6.07) is 0. The van der Waals surface area contributed by atoms with Crippen LogP contribution in [0.2, 0.25) is 0 Å². The lowest BCUT2D eigenvalue weighted by molar-refractivity contribution is 0.0168. The van der Waals surface area contributed by atoms with Gasteiger partial charge in [0.05, 0.1) is 17.5 Å². The molecule has 6 heteroatoms. The minimum absolute atomic E-state index is 0.123. The molecule has 1 aliphatic rings. The summed E-state index contributed by atoms with van der Waals surface area (Å²) >= 11 is 0. The van der Waals surface area contributed by atoms with E-state index in [4.69, 9.17) is 10.5 Å². The summed E-state index contributed by atoms with van der Waals surface area (Å²) in [5, 5.41) is 7.13. The second-order valence-corrected chi connectivity index (χ2v) is 4.88. The van der Waals surface area contributed by atoms with Crippen LogP contribution in [0.15, 0.2) is 0 Å². The number of nitrogens with two attached hydrogens (primary N) is 1. The lowest BCUT2D eigenvalue weighted by Gasteiger charge is -2.22. The SMILES string of the molecule is CCc1nn(C)c(C(=O)NCC2CCCCO2)c1N. The number of rotatable bonds is 4. The molecule has 0 radical (unpaired) electrons. The van der Waals surface area contributed by atoms with Crippen LogP contribution < -0.4 is 11.1 Å². The minimum atomic E-state index is -0.179. The molecule has 2 rings (SSSR count). The molecule has 0 aliphatic carbocycles. The molecule has 1 aliphatic heterocycles. The number of hydrogen-bond donors (Lipinski definition) is 2. The van der Waals surface area contributed by atoms with Crippen LogP contribution in [0.3, 0.4) is 0 Å². The number of nitrogens with zero attached hydrogens (tertiary/aromatic N) is 2. The highest BCUT2D eigenvalue weighted by atomic mass is 16.5. The van der Waals surface area contributed by atoms with E-state index in [0.29, 0.717) is 17.9 Å². The molecule has 19 heavy (non-hydrogen) atoms. The van der Waals surface area contributed by atoms with Gasteiger partial charge in [0.15, 0.2) is 0 Å². The van der Waals surface area contributed by atoms with E-state index >= 15 is 0 Å². The Bertz CT molecular complexity index is 450. The van der Waals surface area contributed by atoms with Gasteiger partial charge in [-0.05, 0) is 25.7 Å². The molecule has 0 bridgehead atoms. The molecule has 1 aromatic rings. The highest BCUT2D eigenvalue weighted by molar-refractivity contribution is 5.97. The molecule has 1 saturated heterocycles. The number of ether oxygens (including phenoxy) is 1. The summed E-state index contributed by atoms with van der Waals surface area (Å²) in [7, 11) is 1.74. The zero-order valence-corrected chi connectivity index (χ0v) is 11.6. The number of hydrogen-bond acceptors (Lipinski definition) is 4. The average Bonchev–Trinajstić information content (AvgIpc) is 2.72. The maximum atomic E-state index is 12.2. The van der Waals surface area contributed by atoms with E-state index in [-0.39, 0.29) is 12.0 Å². The van der Waals surface area contributed by atoms with Gasteiger partial charge >= 0.3 is 0 Å². The topological polar surface area (TPSA) is 82.2 Å². The van der Waals surface area contributed by atoms with Gasteiger partial charge < -0.3 is 15.8 Å². The number of aryl methyl sites for hydroxylation is 2. The fraction of sp³-hybridized carbons (Fsp3) is 0.692. The summed E-state index contributed by atoms with van der Waals surface area (Å²) < 4.78 is 7.13. The van der Waals surface area contributed by atoms with Crippen molar-refractivity contribution in [3.63, 3.8) is 0 Å². The van der Waals surface area contributed by atoms with Crippen LogP contribution in [0.5, 0.6) is 0 Å². The number of amides is 1. The summed E-state index contributed by atoms with van der Waals surface area (Å²) in [4.78, 5) is 12.2. The van der Waals surface area contributed by atoms with Crippen LogP contribution >= 0.6 is 0 Å². The van der Waals surface area contributed by atoms with E-state index in [1.807, 2.05) is 6.92 Å². The first-order valence-electron chi connectivity index (χ1n) is 6.84. The molecular weight excluding hydrogens is 244 g/mol. The summed E-state index contributed by atoms with van der Waals surface area (Å²) in [6.07, 6.45) is 4.12. The van der Waals surface area contributed by atoms with Crippen LogP contribution in [-0.4, -0.2) is 34.9 Å². The molecule has 1 aromatic heterocycles. The summed E-state index contributed by atoms with van der Waals surface area (Å²) in [5.74, 6) is -0.179. The third kappa shape index (κ3) is 3.07. The molecule has 0 spiro atoms. The van der Waals surface area contributed by atoms with Crippen molar-refractivity contribution in [3.8, 4) is 0 Å². The molecule has 1 amide bonds. The van der Waals surface area contributed by atoms with Crippen molar-refractivity contribution in [2.75, 3.05) is 18.9 Å². The van der Waals surface area contributed by atoms with Crippen molar-refractivity contribution in [1.82, 2.24) is 15.1 Å². The summed E-state index contributed by atoms with van der Waals surface area (Å²) in [5.41, 5.74) is 7.63. The lowest BCUT2D eigenvalue weighted by atomic mass is 10.1. The number of aromatic nitrogens is 2. The third-order valence-corrected chi connectivity index (χ3v) is 3.47. The standard InChI is InChI=1S/C13H22N4O2/c1-3-10-11(14)12(17(2)16-10)13(18)15-8-9-6-4-5-7-19-9/h9H,3-8,14H2,1-2H3,(H,15,18). The van der Waals surface area contributed by atoms with Crippen LogP contribution in [0.25, 0.3) is 0 Å². The molecule has 1 unspecified atom stereocenters. The highest BCUT2D eigenvalue weighted by Crippen LogP contribution is 2.17. The molecular formula is C13H22N4O2. The molecule has 6 nitrogen and oxygen atoms in total. The normalized spacial score (nSPS) is 19.4. The number of nitrogen functional groups attached to an aromatic ring is 1. The average molecular weight is 266 g/mol. The third-order valence-electron chi connectivity index (χ3n) is 3.47. The summed E-state index contributed by atoms with van der Waals surface area (Å²) in [6.45, 7) is 3.29. The Morgan fingerprint density at radius 2 is 2.37 bits per heavy atom. The predicted molar refractivity (Wildman–Crippen MR) is 72.9 cm³/mol. The fourth-order valence-electron chi connectivity index (χ4n) is 2.39. The number of nitrogens with one attached hydrogen (secondary N) is 1. The van der Waals surface area contributed by atoms with Crippen molar-refractivity contribution in [3.05, 3.63) is 11.4 Å². The molecule has 106 valence electrons. The van der Waals surface area contributed by atoms with Gasteiger partial charge in [-0.1, -0.05) is 6.92 Å². The van der Waals surface area contributed by atoms with Gasteiger partial charge in [0.1, 0.15) is 5.69 Å². The van der Waals surface area contributed by atoms with Gasteiger partial charge in [-0.3, -0.25) is 9.48 Å². The van der Waals surface area contributed by atoms with Crippen LogP contribution in [0.1, 0.15) is 42.4 Å². The monoisotopic (exact) mass is 266 g/mol. The van der Waals surface area contributed by atoms with Gasteiger partial charge in [-0.15, -0.1) is 0 Å². The second kappa shape index (κ2) is 6.06. The largest absolute Gasteiger partial charge is 0.395 e. The number of anilines is 1. The van der Waals surface area contributed by atoms with E-state index in [1.54, 1.807) is 11.7 Å². The quantitative estimate of drug-likeness (QED) is 0.847. The van der Waals surface area contributed by atoms with E-state index < -0.39 is 0 Å². The highest BCUT2D eigenvalue weighted by Gasteiger charge is 2.20. The second-order valence-electron chi connectivity index (χ2n) is 4.88. The Morgan fingerprint density at radius 1 is 1.58 bits per heavy atom. The predicted octanol–water partition coefficient (Wildman–Crippen LogP) is 0.864. The molecule has 1 fully saturated rings. The van der Waals surface area contributed by atoms with Gasteiger partial charge in [-0.2, -0.15) is 5.10 Å². The molecule has 0 saturated carbocycles. The van der Waals surface area contributed by atoms with Gasteiger partial charge in [0.25, 0.3) is 5.91 Å². The fourth-order valence-corrected chi connectivity index (χ4v) is 2.39. The van der Waals surface area contributed by atoms with E-state index in [2.05, 4.69) is 10.4 Å². The zero-order valence-electron chi connectivity index (χ0n) is 11.6. The lowest BCUT2D eigenvalue weighted by Crippen LogP contribution is -2.36. The first kappa shape index (κ1) is 13.9. The van der Waals surface area contributed by atoms with E-state index in [9.17, 15) is 4.79 Å². The first-order chi connectivity index (χ1) is 9.13. The van der Waals surface area contributed by atoms with E-state index in [1.165, 1.54) is 0 Å². The Morgan fingerprint density at radius 3 is 2.95 bits per heavy atom. The van der Waals surface area contributed by atoms with Gasteiger partial charge in [-0.25, -0.2) is 0 Å². The van der Waals surface area contributed by atoms with Crippen molar-refractivity contribution in [1.29, 1.82) is 0 Å².